The Morgan fingerprint density at radius 2 is 2.28 bits per heavy atom. The summed E-state index contributed by atoms with van der Waals surface area (Å²) in [6, 6.07) is 5.98. The van der Waals surface area contributed by atoms with Crippen molar-refractivity contribution in [3.63, 3.8) is 0 Å². The van der Waals surface area contributed by atoms with Gasteiger partial charge in [-0.05, 0) is 23.8 Å². The Bertz CT molecular complexity index is 541. The van der Waals surface area contributed by atoms with Crippen molar-refractivity contribution in [3.8, 4) is 0 Å². The van der Waals surface area contributed by atoms with Crippen molar-refractivity contribution in [2.24, 2.45) is 12.9 Å². The van der Waals surface area contributed by atoms with Gasteiger partial charge in [0.05, 0.1) is 11.7 Å². The Kier molecular flexibility index (Phi) is 3.96. The van der Waals surface area contributed by atoms with Crippen LogP contribution < -0.4 is 11.3 Å². The van der Waals surface area contributed by atoms with Gasteiger partial charge in [-0.3, -0.25) is 16.0 Å². The lowest BCUT2D eigenvalue weighted by atomic mass is 10.0. The fourth-order valence-electron chi connectivity index (χ4n) is 1.82. The number of hydrazine groups is 1. The standard InChI is InChI=1S/C12H14ClFN4/c1-18-5-4-9(17-18)7-12(16-15)10-3-2-8(14)6-11(10)13/h2-6,12,16H,7,15H2,1H3. The lowest BCUT2D eigenvalue weighted by Gasteiger charge is -2.16. The molecule has 6 heteroatoms. The molecular formula is C12H14ClFN4. The van der Waals surface area contributed by atoms with Crippen molar-refractivity contribution in [1.82, 2.24) is 15.2 Å². The Hall–Kier alpha value is -1.43. The molecule has 3 N–H and O–H groups in total. The SMILES string of the molecule is Cn1ccc(CC(NN)c2ccc(F)cc2Cl)n1. The summed E-state index contributed by atoms with van der Waals surface area (Å²) in [4.78, 5) is 0. The smallest absolute Gasteiger partial charge is 0.124 e. The summed E-state index contributed by atoms with van der Waals surface area (Å²) in [5.74, 6) is 5.17. The molecule has 2 rings (SSSR count). The molecule has 0 aliphatic rings. The van der Waals surface area contributed by atoms with Gasteiger partial charge < -0.3 is 0 Å². The average Bonchev–Trinajstić information content (AvgIpc) is 2.72. The second-order valence-corrected chi connectivity index (χ2v) is 4.48. The predicted octanol–water partition coefficient (Wildman–Crippen LogP) is 1.96. The fourth-order valence-corrected chi connectivity index (χ4v) is 2.12. The van der Waals surface area contributed by atoms with Crippen LogP contribution in [0.3, 0.4) is 0 Å². The zero-order valence-corrected chi connectivity index (χ0v) is 10.7. The molecule has 0 bridgehead atoms. The summed E-state index contributed by atoms with van der Waals surface area (Å²) in [5, 5.41) is 4.63. The molecule has 0 amide bonds. The summed E-state index contributed by atoms with van der Waals surface area (Å²) >= 11 is 6.01. The predicted molar refractivity (Wildman–Crippen MR) is 68.4 cm³/mol. The monoisotopic (exact) mass is 268 g/mol. The highest BCUT2D eigenvalue weighted by atomic mass is 35.5. The van der Waals surface area contributed by atoms with E-state index >= 15 is 0 Å². The van der Waals surface area contributed by atoms with Crippen LogP contribution >= 0.6 is 11.6 Å². The van der Waals surface area contributed by atoms with E-state index in [0.717, 1.165) is 11.3 Å². The largest absolute Gasteiger partial charge is 0.276 e. The topological polar surface area (TPSA) is 55.9 Å². The number of hydrogen-bond acceptors (Lipinski definition) is 3. The number of nitrogens with one attached hydrogen (secondary N) is 1. The van der Waals surface area contributed by atoms with Gasteiger partial charge in [0.2, 0.25) is 0 Å². The number of hydrogen-bond donors (Lipinski definition) is 2. The van der Waals surface area contributed by atoms with E-state index in [1.165, 1.54) is 12.1 Å². The van der Waals surface area contributed by atoms with E-state index in [1.807, 2.05) is 19.3 Å². The minimum Gasteiger partial charge on any atom is -0.276 e. The zero-order valence-electron chi connectivity index (χ0n) is 9.90. The van der Waals surface area contributed by atoms with Crippen molar-refractivity contribution < 1.29 is 4.39 Å². The Morgan fingerprint density at radius 1 is 1.50 bits per heavy atom. The third kappa shape index (κ3) is 2.87. The van der Waals surface area contributed by atoms with E-state index in [4.69, 9.17) is 17.4 Å². The Morgan fingerprint density at radius 3 is 2.83 bits per heavy atom. The van der Waals surface area contributed by atoms with Crippen LogP contribution in [0.5, 0.6) is 0 Å². The second-order valence-electron chi connectivity index (χ2n) is 4.07. The number of rotatable bonds is 4. The molecule has 0 fully saturated rings. The molecule has 0 spiro atoms. The minimum absolute atomic E-state index is 0.201. The van der Waals surface area contributed by atoms with Crippen LogP contribution in [0.25, 0.3) is 0 Å². The maximum atomic E-state index is 13.0. The normalized spacial score (nSPS) is 12.7. The maximum Gasteiger partial charge on any atom is 0.124 e. The van der Waals surface area contributed by atoms with Gasteiger partial charge in [-0.2, -0.15) is 5.10 Å². The van der Waals surface area contributed by atoms with Gasteiger partial charge in [0.15, 0.2) is 0 Å². The quantitative estimate of drug-likeness (QED) is 0.658. The highest BCUT2D eigenvalue weighted by Gasteiger charge is 2.15. The van der Waals surface area contributed by atoms with Gasteiger partial charge in [0, 0.05) is 24.7 Å². The van der Waals surface area contributed by atoms with Crippen molar-refractivity contribution in [2.75, 3.05) is 0 Å². The number of nitrogens with zero attached hydrogens (tertiary/aromatic N) is 2. The number of aryl methyl sites for hydroxylation is 1. The van der Waals surface area contributed by atoms with E-state index in [-0.39, 0.29) is 11.9 Å². The van der Waals surface area contributed by atoms with E-state index in [1.54, 1.807) is 10.7 Å². The lowest BCUT2D eigenvalue weighted by molar-refractivity contribution is 0.539. The van der Waals surface area contributed by atoms with Crippen molar-refractivity contribution in [3.05, 3.63) is 52.6 Å². The third-order valence-corrected chi connectivity index (χ3v) is 3.05. The highest BCUT2D eigenvalue weighted by Crippen LogP contribution is 2.25. The van der Waals surface area contributed by atoms with E-state index in [0.29, 0.717) is 11.4 Å². The molecule has 1 unspecified atom stereocenters. The van der Waals surface area contributed by atoms with Crippen LogP contribution in [0.4, 0.5) is 4.39 Å². The summed E-state index contributed by atoms with van der Waals surface area (Å²) in [7, 11) is 1.85. The van der Waals surface area contributed by atoms with Crippen LogP contribution in [0, 0.1) is 5.82 Å². The zero-order chi connectivity index (χ0) is 13.1. The molecule has 4 nitrogen and oxygen atoms in total. The van der Waals surface area contributed by atoms with Gasteiger partial charge in [-0.25, -0.2) is 4.39 Å². The van der Waals surface area contributed by atoms with Crippen molar-refractivity contribution in [1.29, 1.82) is 0 Å². The van der Waals surface area contributed by atoms with Gasteiger partial charge in [-0.15, -0.1) is 0 Å². The summed E-state index contributed by atoms with van der Waals surface area (Å²) < 4.78 is 14.7. The number of nitrogens with two attached hydrogens (primary N) is 1. The number of aromatic nitrogens is 2. The van der Waals surface area contributed by atoms with Gasteiger partial charge in [-0.1, -0.05) is 17.7 Å². The first-order valence-electron chi connectivity index (χ1n) is 5.49. The first-order valence-corrected chi connectivity index (χ1v) is 5.87. The minimum atomic E-state index is -0.364. The molecule has 0 saturated carbocycles. The molecule has 0 aliphatic heterocycles. The molecule has 1 heterocycles. The summed E-state index contributed by atoms with van der Waals surface area (Å²) in [6.07, 6.45) is 2.44. The fraction of sp³-hybridized carbons (Fsp3) is 0.250. The number of halogens is 2. The maximum absolute atomic E-state index is 13.0. The lowest BCUT2D eigenvalue weighted by Crippen LogP contribution is -2.30. The molecule has 1 aromatic carbocycles. The highest BCUT2D eigenvalue weighted by molar-refractivity contribution is 6.31. The first kappa shape index (κ1) is 13.0. The van der Waals surface area contributed by atoms with Crippen LogP contribution in [0.15, 0.2) is 30.5 Å². The van der Waals surface area contributed by atoms with Crippen LogP contribution in [0.2, 0.25) is 5.02 Å². The molecule has 2 aromatic rings. The van der Waals surface area contributed by atoms with E-state index < -0.39 is 0 Å². The molecule has 0 saturated heterocycles. The van der Waals surface area contributed by atoms with Gasteiger partial charge >= 0.3 is 0 Å². The van der Waals surface area contributed by atoms with Crippen LogP contribution in [0.1, 0.15) is 17.3 Å². The van der Waals surface area contributed by atoms with Gasteiger partial charge in [0.1, 0.15) is 5.82 Å². The summed E-state index contributed by atoms with van der Waals surface area (Å²) in [5.41, 5.74) is 4.33. The third-order valence-electron chi connectivity index (χ3n) is 2.72. The van der Waals surface area contributed by atoms with Gasteiger partial charge in [0.25, 0.3) is 0 Å². The van der Waals surface area contributed by atoms with Crippen molar-refractivity contribution >= 4 is 11.6 Å². The number of benzene rings is 1. The summed E-state index contributed by atoms with van der Waals surface area (Å²) in [6.45, 7) is 0. The first-order chi connectivity index (χ1) is 8.60. The van der Waals surface area contributed by atoms with E-state index in [2.05, 4.69) is 10.5 Å². The molecular weight excluding hydrogens is 255 g/mol. The van der Waals surface area contributed by atoms with E-state index in [9.17, 15) is 4.39 Å². The Balaban J connectivity index is 2.22. The molecule has 96 valence electrons. The average molecular weight is 269 g/mol. The van der Waals surface area contributed by atoms with Crippen molar-refractivity contribution in [2.45, 2.75) is 12.5 Å². The second kappa shape index (κ2) is 5.48. The van der Waals surface area contributed by atoms with Crippen LogP contribution in [-0.2, 0) is 13.5 Å². The molecule has 1 aromatic heterocycles. The Labute approximate surface area is 110 Å². The molecule has 1 atom stereocenters. The molecule has 18 heavy (non-hydrogen) atoms. The van der Waals surface area contributed by atoms with Crippen LogP contribution in [-0.4, -0.2) is 9.78 Å². The molecule has 0 radical (unpaired) electrons. The molecule has 0 aliphatic carbocycles.